The number of aromatic nitrogens is 2. The van der Waals surface area contributed by atoms with Gasteiger partial charge in [0.25, 0.3) is 0 Å². The van der Waals surface area contributed by atoms with E-state index in [1.807, 2.05) is 72.1 Å². The predicted octanol–water partition coefficient (Wildman–Crippen LogP) is 2.55. The summed E-state index contributed by atoms with van der Waals surface area (Å²) in [6, 6.07) is 15.5. The van der Waals surface area contributed by atoms with Gasteiger partial charge < -0.3 is 20.2 Å². The molecule has 0 radical (unpaired) electrons. The van der Waals surface area contributed by atoms with Crippen molar-refractivity contribution in [3.8, 4) is 5.69 Å². The number of anilines is 1. The van der Waals surface area contributed by atoms with E-state index in [1.165, 1.54) is 0 Å². The van der Waals surface area contributed by atoms with Crippen molar-refractivity contribution in [1.29, 1.82) is 0 Å². The Morgan fingerprint density at radius 3 is 2.64 bits per heavy atom. The van der Waals surface area contributed by atoms with Gasteiger partial charge in [-0.15, -0.1) is 0 Å². The number of aliphatic hydroxyl groups is 1. The number of para-hydroxylation sites is 2. The zero-order valence-corrected chi connectivity index (χ0v) is 16.1. The Morgan fingerprint density at radius 2 is 1.93 bits per heavy atom. The number of β-amino-alcohol motifs (C(OH)–C–C–N with tert-alkyl or cyclic N) is 1. The van der Waals surface area contributed by atoms with Gasteiger partial charge in [-0.3, -0.25) is 4.57 Å². The molecule has 1 saturated heterocycles. The van der Waals surface area contributed by atoms with Crippen molar-refractivity contribution in [2.45, 2.75) is 18.6 Å². The Kier molecular flexibility index (Phi) is 5.02. The van der Waals surface area contributed by atoms with E-state index >= 15 is 0 Å². The van der Waals surface area contributed by atoms with E-state index in [0.29, 0.717) is 13.1 Å². The van der Waals surface area contributed by atoms with Crippen LogP contribution in [0.5, 0.6) is 0 Å². The lowest BCUT2D eigenvalue weighted by atomic mass is 10.0. The fourth-order valence-corrected chi connectivity index (χ4v) is 3.78. The lowest BCUT2D eigenvalue weighted by Crippen LogP contribution is -2.54. The third-order valence-corrected chi connectivity index (χ3v) is 5.35. The maximum atomic E-state index is 12.6. The van der Waals surface area contributed by atoms with Crippen LogP contribution < -0.4 is 5.32 Å². The number of rotatable bonds is 3. The highest BCUT2D eigenvalue weighted by Gasteiger charge is 2.31. The van der Waals surface area contributed by atoms with Gasteiger partial charge in [0.2, 0.25) is 0 Å². The fourth-order valence-electron chi connectivity index (χ4n) is 3.78. The molecule has 2 amide bonds. The van der Waals surface area contributed by atoms with E-state index in [9.17, 15) is 9.90 Å². The van der Waals surface area contributed by atoms with Crippen molar-refractivity contribution < 1.29 is 9.90 Å². The first-order valence-corrected chi connectivity index (χ1v) is 9.46. The summed E-state index contributed by atoms with van der Waals surface area (Å²) in [5.41, 5.74) is 3.69. The minimum Gasteiger partial charge on any atom is -0.390 e. The molecule has 2 N–H and O–H groups in total. The average Bonchev–Trinajstić information content (AvgIpc) is 3.12. The van der Waals surface area contributed by atoms with Crippen molar-refractivity contribution in [3.05, 3.63) is 54.9 Å². The molecule has 7 heteroatoms. The second-order valence-corrected chi connectivity index (χ2v) is 7.41. The Bertz CT molecular complexity index is 966. The van der Waals surface area contributed by atoms with Crippen molar-refractivity contribution >= 4 is 22.8 Å². The largest absolute Gasteiger partial charge is 0.390 e. The number of amides is 2. The van der Waals surface area contributed by atoms with Crippen LogP contribution in [-0.2, 0) is 0 Å². The molecule has 1 fully saturated rings. The smallest absolute Gasteiger partial charge is 0.321 e. The highest BCUT2D eigenvalue weighted by atomic mass is 16.3. The van der Waals surface area contributed by atoms with Crippen LogP contribution in [0.1, 0.15) is 6.42 Å². The second kappa shape index (κ2) is 7.61. The predicted molar refractivity (Wildman–Crippen MR) is 110 cm³/mol. The van der Waals surface area contributed by atoms with Crippen molar-refractivity contribution in [2.24, 2.45) is 0 Å². The number of hydrogen-bond acceptors (Lipinski definition) is 4. The normalized spacial score (nSPS) is 19.9. The number of carbonyl (C=O) groups excluding carboxylic acids is 1. The molecule has 2 atom stereocenters. The van der Waals surface area contributed by atoms with Crippen molar-refractivity contribution in [3.63, 3.8) is 0 Å². The first kappa shape index (κ1) is 18.5. The van der Waals surface area contributed by atoms with E-state index in [4.69, 9.17) is 0 Å². The number of carbonyl (C=O) groups is 1. The Labute approximate surface area is 164 Å². The number of piperidine rings is 1. The number of aliphatic hydroxyl groups excluding tert-OH is 1. The maximum Gasteiger partial charge on any atom is 0.321 e. The molecule has 1 aliphatic heterocycles. The zero-order chi connectivity index (χ0) is 19.7. The van der Waals surface area contributed by atoms with Gasteiger partial charge in [0.15, 0.2) is 0 Å². The molecule has 0 spiro atoms. The number of nitrogens with zero attached hydrogens (tertiary/aromatic N) is 4. The van der Waals surface area contributed by atoms with E-state index in [-0.39, 0.29) is 12.1 Å². The van der Waals surface area contributed by atoms with E-state index in [2.05, 4.69) is 10.3 Å². The number of urea groups is 1. The molecule has 1 aromatic heterocycles. The number of nitrogens with one attached hydrogen (secondary N) is 1. The van der Waals surface area contributed by atoms with Gasteiger partial charge in [-0.05, 0) is 56.9 Å². The number of benzene rings is 2. The van der Waals surface area contributed by atoms with Crippen LogP contribution >= 0.6 is 0 Å². The van der Waals surface area contributed by atoms with Gasteiger partial charge in [-0.25, -0.2) is 9.78 Å². The first-order valence-electron chi connectivity index (χ1n) is 9.46. The molecule has 0 unspecified atom stereocenters. The van der Waals surface area contributed by atoms with Gasteiger partial charge in [-0.2, -0.15) is 0 Å². The van der Waals surface area contributed by atoms with Gasteiger partial charge in [-0.1, -0.05) is 12.1 Å². The molecule has 4 rings (SSSR count). The van der Waals surface area contributed by atoms with Crippen LogP contribution in [0.3, 0.4) is 0 Å². The molecule has 2 aromatic carbocycles. The summed E-state index contributed by atoms with van der Waals surface area (Å²) in [5.74, 6) is 0. The molecule has 3 aromatic rings. The minimum absolute atomic E-state index is 0.0911. The summed E-state index contributed by atoms with van der Waals surface area (Å²) >= 11 is 0. The number of fused-ring (bicyclic) bond motifs is 1. The molecule has 1 aliphatic rings. The van der Waals surface area contributed by atoms with Crippen LogP contribution in [-0.4, -0.2) is 69.8 Å². The summed E-state index contributed by atoms with van der Waals surface area (Å²) in [4.78, 5) is 20.6. The minimum atomic E-state index is -0.536. The van der Waals surface area contributed by atoms with Crippen molar-refractivity contribution in [2.75, 3.05) is 32.5 Å². The molecule has 0 bridgehead atoms. The first-order chi connectivity index (χ1) is 13.5. The molecule has 28 heavy (non-hydrogen) atoms. The van der Waals surface area contributed by atoms with Gasteiger partial charge in [0, 0.05) is 30.5 Å². The lowest BCUT2D eigenvalue weighted by Gasteiger charge is -2.38. The van der Waals surface area contributed by atoms with Crippen LogP contribution in [0.2, 0.25) is 0 Å². The third kappa shape index (κ3) is 3.58. The summed E-state index contributed by atoms with van der Waals surface area (Å²) in [5, 5.41) is 13.2. The van der Waals surface area contributed by atoms with Gasteiger partial charge >= 0.3 is 6.03 Å². The molecular formula is C21H25N5O2. The molecule has 7 nitrogen and oxygen atoms in total. The third-order valence-electron chi connectivity index (χ3n) is 5.35. The van der Waals surface area contributed by atoms with Crippen LogP contribution in [0.15, 0.2) is 54.9 Å². The Hall–Kier alpha value is -2.90. The van der Waals surface area contributed by atoms with Gasteiger partial charge in [0.1, 0.15) is 6.33 Å². The van der Waals surface area contributed by atoms with Crippen LogP contribution in [0.25, 0.3) is 16.7 Å². The average molecular weight is 379 g/mol. The fraction of sp³-hybridized carbons (Fsp3) is 0.333. The number of imidazole rings is 1. The summed E-state index contributed by atoms with van der Waals surface area (Å²) in [6.07, 6.45) is 2.02. The van der Waals surface area contributed by atoms with Crippen LogP contribution in [0.4, 0.5) is 10.5 Å². The van der Waals surface area contributed by atoms with Crippen LogP contribution in [0, 0.1) is 0 Å². The highest BCUT2D eigenvalue weighted by Crippen LogP contribution is 2.21. The number of hydrogen-bond donors (Lipinski definition) is 2. The second-order valence-electron chi connectivity index (χ2n) is 7.41. The molecule has 0 aliphatic carbocycles. The molecular weight excluding hydrogens is 354 g/mol. The van der Waals surface area contributed by atoms with Crippen molar-refractivity contribution in [1.82, 2.24) is 19.4 Å². The molecule has 2 heterocycles. The topological polar surface area (TPSA) is 73.6 Å². The zero-order valence-electron chi connectivity index (χ0n) is 16.1. The maximum absolute atomic E-state index is 12.6. The Morgan fingerprint density at radius 1 is 1.18 bits per heavy atom. The summed E-state index contributed by atoms with van der Waals surface area (Å²) in [6.45, 7) is 0.971. The number of likely N-dealkylation sites (tertiary alicyclic amines) is 1. The number of likely N-dealkylation sites (N-methyl/N-ethyl adjacent to an activating group) is 1. The lowest BCUT2D eigenvalue weighted by molar-refractivity contribution is 0.0188. The van der Waals surface area contributed by atoms with E-state index < -0.39 is 6.10 Å². The Balaban J connectivity index is 1.43. The SMILES string of the molecule is CN(C)[C@H]1CCN(C(=O)Nc2ccc(-n3cnc4ccccc43)cc2)C[C@@H]1O. The highest BCUT2D eigenvalue weighted by molar-refractivity contribution is 5.89. The van der Waals surface area contributed by atoms with Gasteiger partial charge in [0.05, 0.1) is 17.1 Å². The quantitative estimate of drug-likeness (QED) is 0.734. The van der Waals surface area contributed by atoms with E-state index in [1.54, 1.807) is 11.2 Å². The summed E-state index contributed by atoms with van der Waals surface area (Å²) in [7, 11) is 3.91. The summed E-state index contributed by atoms with van der Waals surface area (Å²) < 4.78 is 2.02. The monoisotopic (exact) mass is 379 g/mol. The molecule has 146 valence electrons. The standard InChI is InChI=1S/C21H25N5O2/c1-24(2)19-11-12-25(13-20(19)27)21(28)23-15-7-9-16(10-8-15)26-14-22-17-5-3-4-6-18(17)26/h3-10,14,19-20,27H,11-13H2,1-2H3,(H,23,28)/t19-,20-/m0/s1. The molecule has 0 saturated carbocycles. The van der Waals surface area contributed by atoms with E-state index in [0.717, 1.165) is 28.8 Å².